The van der Waals surface area contributed by atoms with Gasteiger partial charge in [-0.2, -0.15) is 0 Å². The summed E-state index contributed by atoms with van der Waals surface area (Å²) in [5.74, 6) is 0.683. The van der Waals surface area contributed by atoms with Crippen molar-refractivity contribution in [2.75, 3.05) is 19.6 Å². The first-order valence-electron chi connectivity index (χ1n) is 11.5. The van der Waals surface area contributed by atoms with Gasteiger partial charge in [-0.05, 0) is 95.2 Å². The number of nitrogens with zero attached hydrogens (tertiary/aromatic N) is 1. The van der Waals surface area contributed by atoms with E-state index in [9.17, 15) is 0 Å². The van der Waals surface area contributed by atoms with Crippen LogP contribution in [0.15, 0.2) is 42.5 Å². The molecule has 0 bridgehead atoms. The van der Waals surface area contributed by atoms with E-state index in [0.717, 1.165) is 5.46 Å². The molecule has 0 saturated carbocycles. The summed E-state index contributed by atoms with van der Waals surface area (Å²) in [5, 5.41) is 0. The van der Waals surface area contributed by atoms with Crippen LogP contribution in [0.4, 0.5) is 0 Å². The summed E-state index contributed by atoms with van der Waals surface area (Å²) in [6, 6.07) is 15.8. The smallest absolute Gasteiger partial charge is 0.399 e. The lowest BCUT2D eigenvalue weighted by Crippen LogP contribution is -2.41. The molecule has 2 saturated heterocycles. The molecule has 0 atom stereocenters. The van der Waals surface area contributed by atoms with Gasteiger partial charge in [0.15, 0.2) is 0 Å². The van der Waals surface area contributed by atoms with E-state index < -0.39 is 0 Å². The number of likely N-dealkylation sites (tertiary alicyclic amines) is 1. The number of benzene rings is 2. The number of piperidine rings is 1. The topological polar surface area (TPSA) is 21.7 Å². The first kappa shape index (κ1) is 21.6. The van der Waals surface area contributed by atoms with Crippen LogP contribution in [0, 0.1) is 6.92 Å². The molecule has 2 fully saturated rings. The maximum Gasteiger partial charge on any atom is 0.495 e. The van der Waals surface area contributed by atoms with Crippen molar-refractivity contribution in [3.8, 4) is 11.1 Å². The number of rotatable bonds is 4. The standard InChI is InChI=1S/C26H36BNO2/c1-7-28-16-14-21(15-17-28)20-9-11-22(12-10-20)23-13-8-19(2)18-24(23)27-29-25(3,4)26(5,6)30-27/h8-13,18,21H,7,14-17H2,1-6H3. The van der Waals surface area contributed by atoms with Gasteiger partial charge in [0.05, 0.1) is 11.2 Å². The highest BCUT2D eigenvalue weighted by Crippen LogP contribution is 2.37. The molecule has 4 rings (SSSR count). The largest absolute Gasteiger partial charge is 0.495 e. The molecule has 2 aromatic rings. The molecule has 0 radical (unpaired) electrons. The average molecular weight is 405 g/mol. The molecule has 160 valence electrons. The van der Waals surface area contributed by atoms with Crippen molar-refractivity contribution in [1.29, 1.82) is 0 Å². The Kier molecular flexibility index (Phi) is 5.87. The first-order valence-corrected chi connectivity index (χ1v) is 11.5. The Labute approximate surface area is 182 Å². The van der Waals surface area contributed by atoms with Gasteiger partial charge in [-0.1, -0.05) is 55.0 Å². The fraction of sp³-hybridized carbons (Fsp3) is 0.538. The van der Waals surface area contributed by atoms with Crippen LogP contribution in [0.3, 0.4) is 0 Å². The number of hydrogen-bond acceptors (Lipinski definition) is 3. The zero-order valence-electron chi connectivity index (χ0n) is 19.5. The van der Waals surface area contributed by atoms with Crippen LogP contribution in [0.2, 0.25) is 0 Å². The minimum absolute atomic E-state index is 0.337. The molecule has 0 aromatic heterocycles. The number of aryl methyl sites for hydroxylation is 1. The SMILES string of the molecule is CCN1CCC(c2ccc(-c3ccc(C)cc3B3OC(C)(C)C(C)(C)O3)cc2)CC1. The summed E-state index contributed by atoms with van der Waals surface area (Å²) >= 11 is 0. The predicted octanol–water partition coefficient (Wildman–Crippen LogP) is 5.16. The van der Waals surface area contributed by atoms with E-state index in [4.69, 9.17) is 9.31 Å². The van der Waals surface area contributed by atoms with Crippen molar-refractivity contribution in [1.82, 2.24) is 4.90 Å². The summed E-state index contributed by atoms with van der Waals surface area (Å²) in [4.78, 5) is 2.55. The highest BCUT2D eigenvalue weighted by atomic mass is 16.7. The molecule has 0 spiro atoms. The summed E-state index contributed by atoms with van der Waals surface area (Å²) in [5.41, 5.74) is 5.58. The number of hydrogen-bond donors (Lipinski definition) is 0. The Bertz CT molecular complexity index is 866. The monoisotopic (exact) mass is 405 g/mol. The Morgan fingerprint density at radius 1 is 0.933 bits per heavy atom. The summed E-state index contributed by atoms with van der Waals surface area (Å²) < 4.78 is 12.8. The normalized spacial score (nSPS) is 21.9. The molecule has 2 aromatic carbocycles. The molecule has 0 unspecified atom stereocenters. The minimum atomic E-state index is -0.344. The Morgan fingerprint density at radius 2 is 1.53 bits per heavy atom. The van der Waals surface area contributed by atoms with Gasteiger partial charge in [0.25, 0.3) is 0 Å². The molecular formula is C26H36BNO2. The molecule has 3 nitrogen and oxygen atoms in total. The van der Waals surface area contributed by atoms with Crippen molar-refractivity contribution >= 4 is 12.6 Å². The van der Waals surface area contributed by atoms with E-state index in [1.54, 1.807) is 0 Å². The molecule has 0 amide bonds. The van der Waals surface area contributed by atoms with Gasteiger partial charge >= 0.3 is 7.12 Å². The van der Waals surface area contributed by atoms with Gasteiger partial charge in [0, 0.05) is 0 Å². The van der Waals surface area contributed by atoms with Crippen molar-refractivity contribution in [2.45, 2.75) is 71.5 Å². The van der Waals surface area contributed by atoms with Gasteiger partial charge in [-0.25, -0.2) is 0 Å². The van der Waals surface area contributed by atoms with E-state index in [0.29, 0.717) is 5.92 Å². The fourth-order valence-corrected chi connectivity index (χ4v) is 4.63. The minimum Gasteiger partial charge on any atom is -0.399 e. The van der Waals surface area contributed by atoms with Crippen molar-refractivity contribution < 1.29 is 9.31 Å². The van der Waals surface area contributed by atoms with Crippen molar-refractivity contribution in [2.24, 2.45) is 0 Å². The van der Waals surface area contributed by atoms with E-state index in [2.05, 4.69) is 88.9 Å². The molecule has 30 heavy (non-hydrogen) atoms. The molecule has 2 heterocycles. The van der Waals surface area contributed by atoms with Gasteiger partial charge in [0.2, 0.25) is 0 Å². The van der Waals surface area contributed by atoms with Crippen LogP contribution in [0.1, 0.15) is 64.5 Å². The second kappa shape index (κ2) is 8.14. The van der Waals surface area contributed by atoms with Gasteiger partial charge in [0.1, 0.15) is 0 Å². The molecule has 0 aliphatic carbocycles. The highest BCUT2D eigenvalue weighted by molar-refractivity contribution is 6.64. The van der Waals surface area contributed by atoms with Crippen LogP contribution >= 0.6 is 0 Å². The van der Waals surface area contributed by atoms with Gasteiger partial charge in [-0.3, -0.25) is 0 Å². The lowest BCUT2D eigenvalue weighted by Gasteiger charge is -2.32. The van der Waals surface area contributed by atoms with E-state index in [1.165, 1.54) is 54.7 Å². The Hall–Kier alpha value is -1.62. The highest BCUT2D eigenvalue weighted by Gasteiger charge is 2.52. The molecule has 2 aliphatic heterocycles. The third-order valence-electron chi connectivity index (χ3n) is 7.44. The van der Waals surface area contributed by atoms with E-state index in [-0.39, 0.29) is 18.3 Å². The van der Waals surface area contributed by atoms with E-state index in [1.807, 2.05) is 0 Å². The Morgan fingerprint density at radius 3 is 2.10 bits per heavy atom. The van der Waals surface area contributed by atoms with Gasteiger partial charge in [-0.15, -0.1) is 0 Å². The first-order chi connectivity index (χ1) is 14.2. The fourth-order valence-electron chi connectivity index (χ4n) is 4.63. The van der Waals surface area contributed by atoms with Crippen molar-refractivity contribution in [3.05, 3.63) is 53.6 Å². The third kappa shape index (κ3) is 4.10. The molecular weight excluding hydrogens is 369 g/mol. The molecule has 0 N–H and O–H groups in total. The lowest BCUT2D eigenvalue weighted by molar-refractivity contribution is 0.00578. The van der Waals surface area contributed by atoms with Crippen LogP contribution in [-0.2, 0) is 9.31 Å². The Balaban J connectivity index is 1.59. The zero-order chi connectivity index (χ0) is 21.5. The van der Waals surface area contributed by atoms with Crippen LogP contribution < -0.4 is 5.46 Å². The second-order valence-corrected chi connectivity index (χ2v) is 10.0. The summed E-state index contributed by atoms with van der Waals surface area (Å²) in [6.45, 7) is 16.4. The van der Waals surface area contributed by atoms with Gasteiger partial charge < -0.3 is 14.2 Å². The molecule has 4 heteroatoms. The quantitative estimate of drug-likeness (QED) is 0.656. The maximum absolute atomic E-state index is 6.38. The molecule has 2 aliphatic rings. The maximum atomic E-state index is 6.38. The summed E-state index contributed by atoms with van der Waals surface area (Å²) in [6.07, 6.45) is 2.52. The summed E-state index contributed by atoms with van der Waals surface area (Å²) in [7, 11) is -0.344. The zero-order valence-corrected chi connectivity index (χ0v) is 19.5. The van der Waals surface area contributed by atoms with Crippen LogP contribution in [-0.4, -0.2) is 42.9 Å². The van der Waals surface area contributed by atoms with Crippen molar-refractivity contribution in [3.63, 3.8) is 0 Å². The third-order valence-corrected chi connectivity index (χ3v) is 7.44. The average Bonchev–Trinajstić information content (AvgIpc) is 2.95. The lowest BCUT2D eigenvalue weighted by atomic mass is 9.73. The predicted molar refractivity (Wildman–Crippen MR) is 126 cm³/mol. The second-order valence-electron chi connectivity index (χ2n) is 10.0. The van der Waals surface area contributed by atoms with Crippen LogP contribution in [0.25, 0.3) is 11.1 Å². The van der Waals surface area contributed by atoms with Crippen LogP contribution in [0.5, 0.6) is 0 Å². The van der Waals surface area contributed by atoms with E-state index >= 15 is 0 Å².